The van der Waals surface area contributed by atoms with Crippen molar-refractivity contribution in [3.8, 4) is 0 Å². The number of rotatable bonds is 3. The molecule has 0 heterocycles. The van der Waals surface area contributed by atoms with Crippen LogP contribution >= 0.6 is 0 Å². The Labute approximate surface area is 78.3 Å². The van der Waals surface area contributed by atoms with E-state index in [1.807, 2.05) is 37.3 Å². The van der Waals surface area contributed by atoms with Crippen molar-refractivity contribution in [2.24, 2.45) is 0 Å². The van der Waals surface area contributed by atoms with Gasteiger partial charge in [-0.1, -0.05) is 30.4 Å². The van der Waals surface area contributed by atoms with Crippen LogP contribution in [0.4, 0.5) is 0 Å². The number of carbonyl (C=O) groups is 1. The molecule has 0 radical (unpaired) electrons. The highest BCUT2D eigenvalue weighted by Crippen LogP contribution is 1.97. The average molecular weight is 175 g/mol. The van der Waals surface area contributed by atoms with Gasteiger partial charge in [0.1, 0.15) is 0 Å². The minimum atomic E-state index is -0.0290. The lowest BCUT2D eigenvalue weighted by Crippen LogP contribution is -2.23. The number of benzene rings is 1. The summed E-state index contributed by atoms with van der Waals surface area (Å²) in [7, 11) is 0. The van der Waals surface area contributed by atoms with E-state index in [9.17, 15) is 4.79 Å². The Morgan fingerprint density at radius 3 is 2.69 bits per heavy atom. The summed E-state index contributed by atoms with van der Waals surface area (Å²) in [6, 6.07) is 9.19. The highest BCUT2D eigenvalue weighted by Gasteiger charge is 2.00. The van der Waals surface area contributed by atoms with E-state index in [4.69, 9.17) is 0 Å². The third-order valence-corrected chi connectivity index (χ3v) is 1.65. The minimum absolute atomic E-state index is 0.0290. The molecule has 0 atom stereocenters. The maximum absolute atomic E-state index is 11.4. The van der Waals surface area contributed by atoms with Crippen molar-refractivity contribution < 1.29 is 4.79 Å². The first-order valence-corrected chi connectivity index (χ1v) is 4.29. The predicted molar refractivity (Wildman–Crippen MR) is 53.6 cm³/mol. The van der Waals surface area contributed by atoms with Crippen LogP contribution in [0.15, 0.2) is 42.5 Å². The summed E-state index contributed by atoms with van der Waals surface area (Å²) in [5.74, 6) is -0.0290. The smallest absolute Gasteiger partial charge is 0.251 e. The van der Waals surface area contributed by atoms with Crippen LogP contribution in [0.25, 0.3) is 0 Å². The molecular formula is C11H13NO. The van der Waals surface area contributed by atoms with Crippen molar-refractivity contribution in [1.29, 1.82) is 0 Å². The van der Waals surface area contributed by atoms with Crippen LogP contribution in [0.3, 0.4) is 0 Å². The van der Waals surface area contributed by atoms with Gasteiger partial charge < -0.3 is 5.32 Å². The molecule has 1 N–H and O–H groups in total. The molecule has 0 fully saturated rings. The van der Waals surface area contributed by atoms with E-state index in [0.29, 0.717) is 12.1 Å². The van der Waals surface area contributed by atoms with E-state index >= 15 is 0 Å². The zero-order chi connectivity index (χ0) is 9.52. The number of hydrogen-bond donors (Lipinski definition) is 1. The molecule has 2 nitrogen and oxygen atoms in total. The Balaban J connectivity index is 2.49. The number of hydrogen-bond acceptors (Lipinski definition) is 1. The molecular weight excluding hydrogens is 162 g/mol. The Morgan fingerprint density at radius 1 is 1.38 bits per heavy atom. The monoisotopic (exact) mass is 175 g/mol. The van der Waals surface area contributed by atoms with Gasteiger partial charge in [-0.05, 0) is 19.1 Å². The molecule has 0 saturated carbocycles. The number of allylic oxidation sites excluding steroid dienone is 1. The summed E-state index contributed by atoms with van der Waals surface area (Å²) in [5, 5.41) is 2.77. The fraction of sp³-hybridized carbons (Fsp3) is 0.182. The van der Waals surface area contributed by atoms with Gasteiger partial charge in [0.25, 0.3) is 5.91 Å². The highest BCUT2D eigenvalue weighted by molar-refractivity contribution is 5.94. The molecule has 0 aliphatic heterocycles. The second-order valence-corrected chi connectivity index (χ2v) is 2.65. The van der Waals surface area contributed by atoms with E-state index in [2.05, 4.69) is 5.32 Å². The SMILES string of the molecule is C/C=C/CNC(=O)c1ccccc1. The first-order chi connectivity index (χ1) is 6.34. The van der Waals surface area contributed by atoms with Crippen molar-refractivity contribution in [1.82, 2.24) is 5.32 Å². The first-order valence-electron chi connectivity index (χ1n) is 4.29. The van der Waals surface area contributed by atoms with Crippen LogP contribution in [0, 0.1) is 0 Å². The van der Waals surface area contributed by atoms with Crippen molar-refractivity contribution >= 4 is 5.91 Å². The Morgan fingerprint density at radius 2 is 2.08 bits per heavy atom. The molecule has 1 aromatic carbocycles. The zero-order valence-electron chi connectivity index (χ0n) is 7.66. The van der Waals surface area contributed by atoms with Crippen LogP contribution in [0.1, 0.15) is 17.3 Å². The summed E-state index contributed by atoms with van der Waals surface area (Å²) in [6.07, 6.45) is 3.81. The second-order valence-electron chi connectivity index (χ2n) is 2.65. The quantitative estimate of drug-likeness (QED) is 0.699. The van der Waals surface area contributed by atoms with Crippen LogP contribution in [-0.2, 0) is 0 Å². The lowest BCUT2D eigenvalue weighted by atomic mass is 10.2. The molecule has 1 rings (SSSR count). The molecule has 0 bridgehead atoms. The molecule has 1 aromatic rings. The van der Waals surface area contributed by atoms with Crippen molar-refractivity contribution in [3.63, 3.8) is 0 Å². The van der Waals surface area contributed by atoms with Gasteiger partial charge in [-0.3, -0.25) is 4.79 Å². The van der Waals surface area contributed by atoms with Crippen LogP contribution < -0.4 is 5.32 Å². The van der Waals surface area contributed by atoms with Gasteiger partial charge in [-0.15, -0.1) is 0 Å². The van der Waals surface area contributed by atoms with Crippen molar-refractivity contribution in [2.45, 2.75) is 6.92 Å². The van der Waals surface area contributed by atoms with Gasteiger partial charge >= 0.3 is 0 Å². The predicted octanol–water partition coefficient (Wildman–Crippen LogP) is 1.99. The maximum atomic E-state index is 11.4. The molecule has 1 amide bonds. The molecule has 0 unspecified atom stereocenters. The largest absolute Gasteiger partial charge is 0.349 e. The van der Waals surface area contributed by atoms with E-state index < -0.39 is 0 Å². The van der Waals surface area contributed by atoms with E-state index in [1.54, 1.807) is 12.1 Å². The third kappa shape index (κ3) is 3.11. The van der Waals surface area contributed by atoms with Gasteiger partial charge in [0.2, 0.25) is 0 Å². The topological polar surface area (TPSA) is 29.1 Å². The minimum Gasteiger partial charge on any atom is -0.349 e. The summed E-state index contributed by atoms with van der Waals surface area (Å²) in [4.78, 5) is 11.4. The first kappa shape index (κ1) is 9.52. The van der Waals surface area contributed by atoms with Gasteiger partial charge in [0, 0.05) is 12.1 Å². The van der Waals surface area contributed by atoms with Gasteiger partial charge in [-0.2, -0.15) is 0 Å². The highest BCUT2D eigenvalue weighted by atomic mass is 16.1. The maximum Gasteiger partial charge on any atom is 0.251 e. The fourth-order valence-electron chi connectivity index (χ4n) is 0.961. The fourth-order valence-corrected chi connectivity index (χ4v) is 0.961. The zero-order valence-corrected chi connectivity index (χ0v) is 7.66. The Bertz CT molecular complexity index is 290. The summed E-state index contributed by atoms with van der Waals surface area (Å²) in [5.41, 5.74) is 0.701. The average Bonchev–Trinajstić information content (AvgIpc) is 2.19. The lowest BCUT2D eigenvalue weighted by Gasteiger charge is -2.00. The van der Waals surface area contributed by atoms with Crippen LogP contribution in [-0.4, -0.2) is 12.5 Å². The molecule has 0 aliphatic carbocycles. The van der Waals surface area contributed by atoms with Crippen LogP contribution in [0.5, 0.6) is 0 Å². The summed E-state index contributed by atoms with van der Waals surface area (Å²) < 4.78 is 0. The summed E-state index contributed by atoms with van der Waals surface area (Å²) >= 11 is 0. The number of carbonyl (C=O) groups excluding carboxylic acids is 1. The Hall–Kier alpha value is -1.57. The van der Waals surface area contributed by atoms with E-state index in [-0.39, 0.29) is 5.91 Å². The van der Waals surface area contributed by atoms with Gasteiger partial charge in [-0.25, -0.2) is 0 Å². The van der Waals surface area contributed by atoms with Crippen molar-refractivity contribution in [3.05, 3.63) is 48.0 Å². The standard InChI is InChI=1S/C11H13NO/c1-2-3-9-12-11(13)10-7-5-4-6-8-10/h2-8H,9H2,1H3,(H,12,13)/b3-2+. The number of amides is 1. The second kappa shape index (κ2) is 5.14. The molecule has 0 aliphatic rings. The van der Waals surface area contributed by atoms with Crippen LogP contribution in [0.2, 0.25) is 0 Å². The lowest BCUT2D eigenvalue weighted by molar-refractivity contribution is 0.0958. The molecule has 68 valence electrons. The van der Waals surface area contributed by atoms with Gasteiger partial charge in [0.05, 0.1) is 0 Å². The van der Waals surface area contributed by atoms with Gasteiger partial charge in [0.15, 0.2) is 0 Å². The molecule has 0 spiro atoms. The normalized spacial score (nSPS) is 10.2. The van der Waals surface area contributed by atoms with E-state index in [1.165, 1.54) is 0 Å². The van der Waals surface area contributed by atoms with E-state index in [0.717, 1.165) is 0 Å². The number of nitrogens with one attached hydrogen (secondary N) is 1. The van der Waals surface area contributed by atoms with Crippen molar-refractivity contribution in [2.75, 3.05) is 6.54 Å². The molecule has 0 saturated heterocycles. The third-order valence-electron chi connectivity index (χ3n) is 1.65. The molecule has 0 aromatic heterocycles. The Kier molecular flexibility index (Phi) is 3.76. The molecule has 2 heteroatoms. The summed E-state index contributed by atoms with van der Waals surface area (Å²) in [6.45, 7) is 2.51. The molecule has 13 heavy (non-hydrogen) atoms.